The summed E-state index contributed by atoms with van der Waals surface area (Å²) in [4.78, 5) is 0. The van der Waals surface area contributed by atoms with Gasteiger partial charge in [-0.25, -0.2) is 0 Å². The second-order valence-corrected chi connectivity index (χ2v) is 5.76. The van der Waals surface area contributed by atoms with Crippen LogP contribution in [0.15, 0.2) is 46.9 Å². The van der Waals surface area contributed by atoms with E-state index in [1.165, 1.54) is 0 Å². The highest BCUT2D eigenvalue weighted by Crippen LogP contribution is 2.41. The zero-order chi connectivity index (χ0) is 14.5. The van der Waals surface area contributed by atoms with Gasteiger partial charge in [-0.15, -0.1) is 0 Å². The van der Waals surface area contributed by atoms with E-state index in [1.54, 1.807) is 6.07 Å². The summed E-state index contributed by atoms with van der Waals surface area (Å²) in [6, 6.07) is 13.6. The van der Waals surface area contributed by atoms with Gasteiger partial charge in [0.2, 0.25) is 0 Å². The third-order valence-corrected chi connectivity index (χ3v) is 4.14. The number of halogens is 1. The minimum atomic E-state index is 0.198. The number of hydrogen-bond donors (Lipinski definition) is 1. The van der Waals surface area contributed by atoms with Crippen LogP contribution in [0.25, 0.3) is 11.1 Å². The first kappa shape index (κ1) is 14.9. The number of benzene rings is 2. The molecule has 0 saturated heterocycles. The first-order valence-corrected chi connectivity index (χ1v) is 7.62. The van der Waals surface area contributed by atoms with E-state index >= 15 is 0 Å². The number of phenolic OH excluding ortho intramolecular Hbond substituents is 1. The molecule has 0 spiro atoms. The zero-order valence-electron chi connectivity index (χ0n) is 11.8. The molecule has 20 heavy (non-hydrogen) atoms. The maximum atomic E-state index is 9.87. The molecule has 0 fully saturated rings. The number of ether oxygens (including phenoxy) is 1. The molecule has 0 amide bonds. The van der Waals surface area contributed by atoms with Crippen molar-refractivity contribution in [2.75, 3.05) is 6.61 Å². The van der Waals surface area contributed by atoms with E-state index in [0.717, 1.165) is 17.5 Å². The summed E-state index contributed by atoms with van der Waals surface area (Å²) in [5, 5.41) is 9.87. The molecule has 0 radical (unpaired) electrons. The molecular weight excluding hydrogens is 316 g/mol. The molecule has 1 N–H and O–H groups in total. The number of aromatic hydroxyl groups is 1. The van der Waals surface area contributed by atoms with Gasteiger partial charge in [-0.2, -0.15) is 0 Å². The van der Waals surface area contributed by atoms with Crippen LogP contribution in [-0.2, 0) is 0 Å². The first-order chi connectivity index (χ1) is 9.63. The topological polar surface area (TPSA) is 29.5 Å². The van der Waals surface area contributed by atoms with Gasteiger partial charge in [0.05, 0.1) is 6.61 Å². The maximum Gasteiger partial charge on any atom is 0.145 e. The van der Waals surface area contributed by atoms with Gasteiger partial charge in [0, 0.05) is 5.56 Å². The van der Waals surface area contributed by atoms with Crippen LogP contribution in [0, 0.1) is 5.92 Å². The molecule has 1 atom stereocenters. The molecule has 1 unspecified atom stereocenters. The normalized spacial score (nSPS) is 12.2. The first-order valence-electron chi connectivity index (χ1n) is 6.83. The highest BCUT2D eigenvalue weighted by molar-refractivity contribution is 9.10. The molecule has 106 valence electrons. The molecule has 3 heteroatoms. The number of hydrogen-bond acceptors (Lipinski definition) is 2. The Morgan fingerprint density at radius 1 is 1.15 bits per heavy atom. The number of phenols is 1. The summed E-state index contributed by atoms with van der Waals surface area (Å²) in [6.45, 7) is 4.93. The Morgan fingerprint density at radius 3 is 2.50 bits per heavy atom. The van der Waals surface area contributed by atoms with Crippen molar-refractivity contribution in [2.24, 2.45) is 5.92 Å². The largest absolute Gasteiger partial charge is 0.507 e. The Balaban J connectivity index is 2.39. The highest BCUT2D eigenvalue weighted by atomic mass is 79.9. The van der Waals surface area contributed by atoms with Crippen molar-refractivity contribution < 1.29 is 9.84 Å². The van der Waals surface area contributed by atoms with Crippen molar-refractivity contribution in [3.63, 3.8) is 0 Å². The van der Waals surface area contributed by atoms with E-state index in [9.17, 15) is 5.11 Å². The summed E-state index contributed by atoms with van der Waals surface area (Å²) in [6.07, 6.45) is 1.07. The van der Waals surface area contributed by atoms with Crippen LogP contribution in [0.3, 0.4) is 0 Å². The summed E-state index contributed by atoms with van der Waals surface area (Å²) >= 11 is 3.43. The molecule has 2 aromatic carbocycles. The predicted molar refractivity (Wildman–Crippen MR) is 86.2 cm³/mol. The van der Waals surface area contributed by atoms with Crippen LogP contribution in [0.5, 0.6) is 11.5 Å². The Bertz CT molecular complexity index is 567. The summed E-state index contributed by atoms with van der Waals surface area (Å²) in [7, 11) is 0. The second-order valence-electron chi connectivity index (χ2n) is 4.97. The second kappa shape index (κ2) is 6.80. The maximum absolute atomic E-state index is 9.87. The molecule has 2 aromatic rings. The summed E-state index contributed by atoms with van der Waals surface area (Å²) < 4.78 is 6.56. The van der Waals surface area contributed by atoms with E-state index in [-0.39, 0.29) is 5.75 Å². The Kier molecular flexibility index (Phi) is 5.07. The average Bonchev–Trinajstić information content (AvgIpc) is 2.49. The summed E-state index contributed by atoms with van der Waals surface area (Å²) in [5.74, 6) is 1.38. The fourth-order valence-electron chi connectivity index (χ4n) is 1.88. The van der Waals surface area contributed by atoms with Crippen molar-refractivity contribution in [2.45, 2.75) is 20.3 Å². The van der Waals surface area contributed by atoms with E-state index in [0.29, 0.717) is 22.7 Å². The van der Waals surface area contributed by atoms with Gasteiger partial charge < -0.3 is 9.84 Å². The molecule has 2 nitrogen and oxygen atoms in total. The van der Waals surface area contributed by atoms with Gasteiger partial charge in [0.1, 0.15) is 16.0 Å². The SMILES string of the molecule is CCC(C)COc1c(-c2ccccc2)ccc(O)c1Br. The Hall–Kier alpha value is -1.48. The predicted octanol–water partition coefficient (Wildman–Crippen LogP) is 5.25. The molecule has 0 aliphatic rings. The van der Waals surface area contributed by atoms with Crippen LogP contribution < -0.4 is 4.74 Å². The lowest BCUT2D eigenvalue weighted by Gasteiger charge is -2.17. The minimum absolute atomic E-state index is 0.198. The van der Waals surface area contributed by atoms with Gasteiger partial charge in [0.15, 0.2) is 0 Å². The van der Waals surface area contributed by atoms with Crippen LogP contribution in [0.2, 0.25) is 0 Å². The third kappa shape index (κ3) is 3.34. The lowest BCUT2D eigenvalue weighted by atomic mass is 10.0. The summed E-state index contributed by atoms with van der Waals surface area (Å²) in [5.41, 5.74) is 2.06. The molecule has 0 heterocycles. The van der Waals surface area contributed by atoms with Gasteiger partial charge in [-0.05, 0) is 39.5 Å². The van der Waals surface area contributed by atoms with Crippen molar-refractivity contribution in [3.8, 4) is 22.6 Å². The lowest BCUT2D eigenvalue weighted by molar-refractivity contribution is 0.255. The van der Waals surface area contributed by atoms with Crippen LogP contribution in [0.4, 0.5) is 0 Å². The van der Waals surface area contributed by atoms with Gasteiger partial charge in [-0.1, -0.05) is 50.6 Å². The van der Waals surface area contributed by atoms with E-state index < -0.39 is 0 Å². The van der Waals surface area contributed by atoms with Crippen molar-refractivity contribution in [1.29, 1.82) is 0 Å². The van der Waals surface area contributed by atoms with E-state index in [1.807, 2.05) is 36.4 Å². The monoisotopic (exact) mass is 334 g/mol. The van der Waals surface area contributed by atoms with Crippen LogP contribution >= 0.6 is 15.9 Å². The minimum Gasteiger partial charge on any atom is -0.507 e. The Labute approximate surface area is 128 Å². The standard InChI is InChI=1S/C17H19BrO2/c1-3-12(2)11-20-17-14(9-10-15(19)16(17)18)13-7-5-4-6-8-13/h4-10,12,19H,3,11H2,1-2H3. The van der Waals surface area contributed by atoms with Crippen LogP contribution in [-0.4, -0.2) is 11.7 Å². The Morgan fingerprint density at radius 2 is 1.85 bits per heavy atom. The highest BCUT2D eigenvalue weighted by Gasteiger charge is 2.14. The van der Waals surface area contributed by atoms with Gasteiger partial charge in [-0.3, -0.25) is 0 Å². The lowest BCUT2D eigenvalue weighted by Crippen LogP contribution is -2.08. The molecule has 0 aromatic heterocycles. The molecule has 0 saturated carbocycles. The molecule has 0 aliphatic heterocycles. The van der Waals surface area contributed by atoms with Gasteiger partial charge in [0.25, 0.3) is 0 Å². The molecule has 0 aliphatic carbocycles. The van der Waals surface area contributed by atoms with Crippen molar-refractivity contribution in [3.05, 3.63) is 46.9 Å². The van der Waals surface area contributed by atoms with Crippen LogP contribution in [0.1, 0.15) is 20.3 Å². The van der Waals surface area contributed by atoms with E-state index in [4.69, 9.17) is 4.74 Å². The zero-order valence-corrected chi connectivity index (χ0v) is 13.4. The van der Waals surface area contributed by atoms with Crippen molar-refractivity contribution >= 4 is 15.9 Å². The number of rotatable bonds is 5. The average molecular weight is 335 g/mol. The fourth-order valence-corrected chi connectivity index (χ4v) is 2.34. The smallest absolute Gasteiger partial charge is 0.145 e. The van der Waals surface area contributed by atoms with E-state index in [2.05, 4.69) is 29.8 Å². The molecule has 0 bridgehead atoms. The fraction of sp³-hybridized carbons (Fsp3) is 0.294. The third-order valence-electron chi connectivity index (χ3n) is 3.37. The van der Waals surface area contributed by atoms with Crippen molar-refractivity contribution in [1.82, 2.24) is 0 Å². The molecular formula is C17H19BrO2. The van der Waals surface area contributed by atoms with Gasteiger partial charge >= 0.3 is 0 Å². The molecule has 2 rings (SSSR count). The quantitative estimate of drug-likeness (QED) is 0.809.